The van der Waals surface area contributed by atoms with Gasteiger partial charge in [0.05, 0.1) is 12.6 Å². The maximum atomic E-state index is 9.51. The Morgan fingerprint density at radius 1 is 1.25 bits per heavy atom. The van der Waals surface area contributed by atoms with Crippen molar-refractivity contribution >= 4 is 17.3 Å². The lowest BCUT2D eigenvalue weighted by Gasteiger charge is -2.36. The minimum absolute atomic E-state index is 0.225. The summed E-state index contributed by atoms with van der Waals surface area (Å²) in [6.45, 7) is 2.09. The largest absolute Gasteiger partial charge is 0.394 e. The van der Waals surface area contributed by atoms with Gasteiger partial charge in [-0.05, 0) is 49.8 Å². The van der Waals surface area contributed by atoms with E-state index in [2.05, 4.69) is 28.4 Å². The first-order chi connectivity index (χ1) is 9.78. The van der Waals surface area contributed by atoms with Crippen molar-refractivity contribution < 1.29 is 5.11 Å². The Hall–Kier alpha value is -0.770. The van der Waals surface area contributed by atoms with Gasteiger partial charge in [-0.15, -0.1) is 0 Å². The smallest absolute Gasteiger partial charge is 0.0635 e. The fraction of sp³-hybridized carbons (Fsp3) is 0.625. The van der Waals surface area contributed by atoms with Gasteiger partial charge in [0, 0.05) is 29.8 Å². The number of nitrogens with one attached hydrogen (secondary N) is 1. The molecule has 0 bridgehead atoms. The average molecular weight is 295 g/mol. The number of piperidine rings is 1. The molecular formula is C16H23ClN2O. The molecule has 2 N–H and O–H groups in total. The van der Waals surface area contributed by atoms with E-state index in [-0.39, 0.29) is 12.6 Å². The Kier molecular flexibility index (Phi) is 4.49. The Labute approximate surface area is 125 Å². The zero-order valence-corrected chi connectivity index (χ0v) is 12.6. The number of anilines is 1. The van der Waals surface area contributed by atoms with Crippen molar-refractivity contribution in [2.75, 3.05) is 18.1 Å². The van der Waals surface area contributed by atoms with Crippen LogP contribution in [-0.4, -0.2) is 30.3 Å². The van der Waals surface area contributed by atoms with Gasteiger partial charge in [-0.25, -0.2) is 0 Å². The summed E-state index contributed by atoms with van der Waals surface area (Å²) in [5.74, 6) is 0. The van der Waals surface area contributed by atoms with Crippen molar-refractivity contribution in [2.24, 2.45) is 0 Å². The van der Waals surface area contributed by atoms with Crippen LogP contribution in [0.1, 0.15) is 37.7 Å². The van der Waals surface area contributed by atoms with Crippen LogP contribution in [0.3, 0.4) is 0 Å². The summed E-state index contributed by atoms with van der Waals surface area (Å²) in [6.07, 6.45) is 6.06. The maximum absolute atomic E-state index is 9.51. The molecule has 0 radical (unpaired) electrons. The summed E-state index contributed by atoms with van der Waals surface area (Å²) in [5, 5.41) is 13.8. The van der Waals surface area contributed by atoms with Gasteiger partial charge in [0.25, 0.3) is 0 Å². The molecule has 0 amide bonds. The van der Waals surface area contributed by atoms with Crippen LogP contribution in [0.4, 0.5) is 5.69 Å². The molecule has 1 unspecified atom stereocenters. The van der Waals surface area contributed by atoms with Gasteiger partial charge in [0.2, 0.25) is 0 Å². The van der Waals surface area contributed by atoms with Crippen molar-refractivity contribution in [1.29, 1.82) is 0 Å². The van der Waals surface area contributed by atoms with Gasteiger partial charge < -0.3 is 15.3 Å². The van der Waals surface area contributed by atoms with Gasteiger partial charge in [0.1, 0.15) is 0 Å². The minimum atomic E-state index is 0.225. The Bertz CT molecular complexity index is 462. The van der Waals surface area contributed by atoms with Crippen LogP contribution in [0.15, 0.2) is 18.2 Å². The van der Waals surface area contributed by atoms with Crippen LogP contribution < -0.4 is 10.2 Å². The second-order valence-corrected chi connectivity index (χ2v) is 6.36. The fourth-order valence-corrected chi connectivity index (χ4v) is 3.17. The third kappa shape index (κ3) is 3.27. The van der Waals surface area contributed by atoms with Crippen molar-refractivity contribution in [3.8, 4) is 0 Å². The van der Waals surface area contributed by atoms with Crippen molar-refractivity contribution in [1.82, 2.24) is 5.32 Å². The normalized spacial score (nSPS) is 23.1. The molecule has 0 aromatic heterocycles. The van der Waals surface area contributed by atoms with Crippen LogP contribution >= 0.6 is 11.6 Å². The summed E-state index contributed by atoms with van der Waals surface area (Å²) in [5.41, 5.74) is 2.31. The second kappa shape index (κ2) is 6.33. The van der Waals surface area contributed by atoms with E-state index in [1.807, 2.05) is 0 Å². The quantitative estimate of drug-likeness (QED) is 0.876. The fourth-order valence-electron chi connectivity index (χ4n) is 2.93. The zero-order valence-electron chi connectivity index (χ0n) is 11.8. The topological polar surface area (TPSA) is 35.5 Å². The van der Waals surface area contributed by atoms with E-state index in [1.165, 1.54) is 31.2 Å². The molecule has 2 fully saturated rings. The average Bonchev–Trinajstić information content (AvgIpc) is 3.30. The number of nitrogens with zero attached hydrogens (tertiary/aromatic N) is 1. The first-order valence-electron chi connectivity index (χ1n) is 7.67. The molecule has 1 aliphatic heterocycles. The van der Waals surface area contributed by atoms with Crippen LogP contribution in [0.5, 0.6) is 0 Å². The van der Waals surface area contributed by atoms with Crippen LogP contribution in [0.25, 0.3) is 0 Å². The molecule has 1 heterocycles. The molecule has 110 valence electrons. The number of benzene rings is 1. The molecule has 0 spiro atoms. The summed E-state index contributed by atoms with van der Waals surface area (Å²) >= 11 is 6.41. The first kappa shape index (κ1) is 14.2. The molecule has 3 nitrogen and oxygen atoms in total. The minimum Gasteiger partial charge on any atom is -0.394 e. The van der Waals surface area contributed by atoms with Crippen molar-refractivity contribution in [3.05, 3.63) is 28.8 Å². The van der Waals surface area contributed by atoms with E-state index in [9.17, 15) is 5.11 Å². The Morgan fingerprint density at radius 3 is 2.80 bits per heavy atom. The molecule has 1 aromatic rings. The number of aliphatic hydroxyl groups is 1. The highest BCUT2D eigenvalue weighted by molar-refractivity contribution is 6.31. The van der Waals surface area contributed by atoms with Gasteiger partial charge in [-0.1, -0.05) is 17.7 Å². The number of halogens is 1. The standard InChI is InChI=1S/C16H23ClN2O/c17-16-9-14(19-8-2-1-3-15(19)11-20)7-4-12(16)10-18-13-5-6-13/h4,7,9,13,15,18,20H,1-3,5-6,8,10-11H2. The molecule has 1 saturated heterocycles. The third-order valence-corrected chi connectivity index (χ3v) is 4.72. The summed E-state index contributed by atoms with van der Waals surface area (Å²) < 4.78 is 0. The van der Waals surface area contributed by atoms with Gasteiger partial charge in [-0.2, -0.15) is 0 Å². The second-order valence-electron chi connectivity index (χ2n) is 5.96. The molecular weight excluding hydrogens is 272 g/mol. The van der Waals surface area contributed by atoms with E-state index in [1.54, 1.807) is 0 Å². The van der Waals surface area contributed by atoms with Crippen molar-refractivity contribution in [3.63, 3.8) is 0 Å². The van der Waals surface area contributed by atoms with E-state index in [0.717, 1.165) is 30.2 Å². The monoisotopic (exact) mass is 294 g/mol. The molecule has 1 saturated carbocycles. The highest BCUT2D eigenvalue weighted by Gasteiger charge is 2.23. The number of hydrogen-bond donors (Lipinski definition) is 2. The third-order valence-electron chi connectivity index (χ3n) is 4.36. The molecule has 3 rings (SSSR count). The van der Waals surface area contributed by atoms with Crippen LogP contribution in [-0.2, 0) is 6.54 Å². The van der Waals surface area contributed by atoms with E-state index in [0.29, 0.717) is 6.04 Å². The maximum Gasteiger partial charge on any atom is 0.0635 e. The van der Waals surface area contributed by atoms with E-state index in [4.69, 9.17) is 11.6 Å². The predicted molar refractivity (Wildman–Crippen MR) is 83.4 cm³/mol. The molecule has 1 aromatic carbocycles. The summed E-state index contributed by atoms with van der Waals surface area (Å²) in [4.78, 5) is 2.30. The van der Waals surface area contributed by atoms with Gasteiger partial charge >= 0.3 is 0 Å². The predicted octanol–water partition coefficient (Wildman–Crippen LogP) is 2.94. The molecule has 20 heavy (non-hydrogen) atoms. The first-order valence-corrected chi connectivity index (χ1v) is 8.05. The summed E-state index contributed by atoms with van der Waals surface area (Å²) in [6, 6.07) is 7.26. The lowest BCUT2D eigenvalue weighted by atomic mass is 10.0. The molecule has 1 atom stereocenters. The number of rotatable bonds is 5. The SMILES string of the molecule is OCC1CCCCN1c1ccc(CNC2CC2)c(Cl)c1. The number of aliphatic hydroxyl groups excluding tert-OH is 1. The molecule has 1 aliphatic carbocycles. The van der Waals surface area contributed by atoms with Gasteiger partial charge in [-0.3, -0.25) is 0 Å². The van der Waals surface area contributed by atoms with Crippen LogP contribution in [0.2, 0.25) is 5.02 Å². The Morgan fingerprint density at radius 2 is 2.10 bits per heavy atom. The molecule has 4 heteroatoms. The number of hydrogen-bond acceptors (Lipinski definition) is 3. The lowest BCUT2D eigenvalue weighted by molar-refractivity contribution is 0.240. The lowest BCUT2D eigenvalue weighted by Crippen LogP contribution is -2.41. The van der Waals surface area contributed by atoms with Gasteiger partial charge in [0.15, 0.2) is 0 Å². The highest BCUT2D eigenvalue weighted by Crippen LogP contribution is 2.29. The molecule has 2 aliphatic rings. The highest BCUT2D eigenvalue weighted by atomic mass is 35.5. The van der Waals surface area contributed by atoms with E-state index >= 15 is 0 Å². The summed E-state index contributed by atoms with van der Waals surface area (Å²) in [7, 11) is 0. The van der Waals surface area contributed by atoms with E-state index < -0.39 is 0 Å². The Balaban J connectivity index is 1.70. The zero-order chi connectivity index (χ0) is 13.9. The van der Waals surface area contributed by atoms with Crippen LogP contribution in [0, 0.1) is 0 Å². The van der Waals surface area contributed by atoms with Crippen molar-refractivity contribution in [2.45, 2.75) is 50.7 Å².